The lowest BCUT2D eigenvalue weighted by atomic mass is 10.2. The molecule has 0 aliphatic carbocycles. The van der Waals surface area contributed by atoms with Crippen molar-refractivity contribution in [3.8, 4) is 5.75 Å². The van der Waals surface area contributed by atoms with Crippen molar-refractivity contribution in [2.24, 2.45) is 5.73 Å². The van der Waals surface area contributed by atoms with Crippen LogP contribution >= 0.6 is 12.2 Å². The molecule has 0 unspecified atom stereocenters. The van der Waals surface area contributed by atoms with Crippen LogP contribution in [0, 0.1) is 0 Å². The molecule has 0 spiro atoms. The van der Waals surface area contributed by atoms with Gasteiger partial charge >= 0.3 is 0 Å². The Morgan fingerprint density at radius 1 is 1.53 bits per heavy atom. The van der Waals surface area contributed by atoms with Crippen LogP contribution in [0.4, 0.5) is 5.82 Å². The van der Waals surface area contributed by atoms with E-state index in [0.29, 0.717) is 24.1 Å². The first-order valence-electron chi connectivity index (χ1n) is 6.69. The van der Waals surface area contributed by atoms with Gasteiger partial charge in [0, 0.05) is 25.2 Å². The molecule has 19 heavy (non-hydrogen) atoms. The van der Waals surface area contributed by atoms with Crippen LogP contribution in [0.5, 0.6) is 5.75 Å². The van der Waals surface area contributed by atoms with Crippen molar-refractivity contribution in [3.63, 3.8) is 0 Å². The zero-order valence-electron chi connectivity index (χ0n) is 11.9. The molecule has 0 aromatic carbocycles. The summed E-state index contributed by atoms with van der Waals surface area (Å²) in [5, 5.41) is 0. The summed E-state index contributed by atoms with van der Waals surface area (Å²) in [5.74, 6) is 1.68. The van der Waals surface area contributed by atoms with E-state index in [0.717, 1.165) is 24.5 Å². The Morgan fingerprint density at radius 3 is 2.84 bits per heavy atom. The Hall–Kier alpha value is -1.36. The average molecular weight is 281 g/mol. The van der Waals surface area contributed by atoms with E-state index in [4.69, 9.17) is 22.7 Å². The van der Waals surface area contributed by atoms with E-state index in [1.54, 1.807) is 6.20 Å². The van der Waals surface area contributed by atoms with E-state index >= 15 is 0 Å². The van der Waals surface area contributed by atoms with Crippen LogP contribution in [0.25, 0.3) is 0 Å². The van der Waals surface area contributed by atoms with Crippen molar-refractivity contribution in [1.82, 2.24) is 4.98 Å². The maximum Gasteiger partial charge on any atom is 0.171 e. The first-order chi connectivity index (χ1) is 9.06. The largest absolute Gasteiger partial charge is 0.490 e. The molecule has 0 radical (unpaired) electrons. The lowest BCUT2D eigenvalue weighted by Gasteiger charge is -2.29. The van der Waals surface area contributed by atoms with E-state index < -0.39 is 0 Å². The van der Waals surface area contributed by atoms with Gasteiger partial charge in [-0.15, -0.1) is 0 Å². The molecule has 0 saturated heterocycles. The topological polar surface area (TPSA) is 51.4 Å². The highest BCUT2D eigenvalue weighted by molar-refractivity contribution is 7.80. The van der Waals surface area contributed by atoms with Crippen LogP contribution in [0.3, 0.4) is 0 Å². The molecule has 1 heterocycles. The molecule has 1 rings (SSSR count). The fraction of sp³-hybridized carbons (Fsp3) is 0.571. The summed E-state index contributed by atoms with van der Waals surface area (Å²) in [6, 6.07) is 4.16. The summed E-state index contributed by atoms with van der Waals surface area (Å²) in [6.07, 6.45) is 3.44. The van der Waals surface area contributed by atoms with Crippen LogP contribution in [0.15, 0.2) is 18.3 Å². The number of nitrogens with zero attached hydrogens (tertiary/aromatic N) is 2. The first kappa shape index (κ1) is 15.7. The second kappa shape index (κ2) is 7.94. The number of ether oxygens (including phenoxy) is 1. The second-order valence-electron chi connectivity index (χ2n) is 4.68. The van der Waals surface area contributed by atoms with Crippen molar-refractivity contribution in [3.05, 3.63) is 18.3 Å². The zero-order chi connectivity index (χ0) is 14.3. The van der Waals surface area contributed by atoms with Gasteiger partial charge in [0.2, 0.25) is 0 Å². The molecule has 0 aliphatic rings. The molecule has 1 aromatic heterocycles. The minimum absolute atomic E-state index is 0.313. The SMILES string of the molecule is CCCOc1cccnc1N(CCC(N)=S)C(C)C. The Morgan fingerprint density at radius 2 is 2.26 bits per heavy atom. The number of nitrogens with two attached hydrogens (primary N) is 1. The van der Waals surface area contributed by atoms with Crippen molar-refractivity contribution >= 4 is 23.0 Å². The molecule has 0 bridgehead atoms. The predicted molar refractivity (Wildman–Crippen MR) is 83.9 cm³/mol. The normalized spacial score (nSPS) is 10.5. The van der Waals surface area contributed by atoms with Gasteiger partial charge in [0.05, 0.1) is 11.6 Å². The smallest absolute Gasteiger partial charge is 0.171 e. The van der Waals surface area contributed by atoms with Crippen molar-refractivity contribution in [1.29, 1.82) is 0 Å². The minimum atomic E-state index is 0.313. The fourth-order valence-corrected chi connectivity index (χ4v) is 1.85. The van der Waals surface area contributed by atoms with E-state index in [2.05, 4.69) is 30.7 Å². The van der Waals surface area contributed by atoms with E-state index in [1.165, 1.54) is 0 Å². The van der Waals surface area contributed by atoms with Gasteiger partial charge in [-0.25, -0.2) is 4.98 Å². The molecule has 0 atom stereocenters. The number of aromatic nitrogens is 1. The van der Waals surface area contributed by atoms with E-state index in [1.807, 2.05) is 12.1 Å². The highest BCUT2D eigenvalue weighted by Gasteiger charge is 2.16. The summed E-state index contributed by atoms with van der Waals surface area (Å²) in [5.41, 5.74) is 5.59. The van der Waals surface area contributed by atoms with Crippen LogP contribution in [-0.2, 0) is 0 Å². The summed E-state index contributed by atoms with van der Waals surface area (Å²) >= 11 is 4.95. The van der Waals surface area contributed by atoms with Gasteiger partial charge in [-0.2, -0.15) is 0 Å². The van der Waals surface area contributed by atoms with Gasteiger partial charge in [-0.1, -0.05) is 19.1 Å². The van der Waals surface area contributed by atoms with Gasteiger partial charge in [-0.05, 0) is 32.4 Å². The van der Waals surface area contributed by atoms with Crippen molar-refractivity contribution < 1.29 is 4.74 Å². The number of rotatable bonds is 8. The number of hydrogen-bond acceptors (Lipinski definition) is 4. The summed E-state index contributed by atoms with van der Waals surface area (Å²) in [6.45, 7) is 7.78. The second-order valence-corrected chi connectivity index (χ2v) is 5.20. The van der Waals surface area contributed by atoms with Gasteiger partial charge in [0.1, 0.15) is 0 Å². The predicted octanol–water partition coefficient (Wildman–Crippen LogP) is 2.76. The first-order valence-corrected chi connectivity index (χ1v) is 7.09. The Labute approximate surface area is 121 Å². The molecule has 1 aromatic rings. The standard InChI is InChI=1S/C14H23N3OS/c1-4-10-18-12-6-5-8-16-14(12)17(11(2)3)9-7-13(15)19/h5-6,8,11H,4,7,9-10H2,1-3H3,(H2,15,19). The van der Waals surface area contributed by atoms with Crippen molar-refractivity contribution in [2.75, 3.05) is 18.1 Å². The molecule has 0 fully saturated rings. The minimum Gasteiger partial charge on any atom is -0.490 e. The average Bonchev–Trinajstić information content (AvgIpc) is 2.37. The van der Waals surface area contributed by atoms with Crippen LogP contribution in [0.1, 0.15) is 33.6 Å². The molecule has 0 saturated carbocycles. The van der Waals surface area contributed by atoms with Crippen LogP contribution < -0.4 is 15.4 Å². The Kier molecular flexibility index (Phi) is 6.56. The van der Waals surface area contributed by atoms with Crippen molar-refractivity contribution in [2.45, 2.75) is 39.7 Å². The fourth-order valence-electron chi connectivity index (χ4n) is 1.76. The maximum atomic E-state index is 5.76. The molecule has 2 N–H and O–H groups in total. The van der Waals surface area contributed by atoms with E-state index in [9.17, 15) is 0 Å². The zero-order valence-corrected chi connectivity index (χ0v) is 12.7. The van der Waals surface area contributed by atoms with Crippen LogP contribution in [0.2, 0.25) is 0 Å². The summed E-state index contributed by atoms with van der Waals surface area (Å²) in [4.78, 5) is 7.14. The Bertz CT molecular complexity index is 409. The molecule has 5 heteroatoms. The van der Waals surface area contributed by atoms with Gasteiger partial charge in [0.15, 0.2) is 11.6 Å². The van der Waals surface area contributed by atoms with E-state index in [-0.39, 0.29) is 0 Å². The molecule has 0 amide bonds. The maximum absolute atomic E-state index is 5.76. The number of pyridine rings is 1. The highest BCUT2D eigenvalue weighted by Crippen LogP contribution is 2.27. The number of anilines is 1. The van der Waals surface area contributed by atoms with Gasteiger partial charge in [-0.3, -0.25) is 0 Å². The monoisotopic (exact) mass is 281 g/mol. The molecule has 0 aliphatic heterocycles. The lowest BCUT2D eigenvalue weighted by molar-refractivity contribution is 0.316. The summed E-state index contributed by atoms with van der Waals surface area (Å²) < 4.78 is 5.76. The Balaban J connectivity index is 2.91. The molecule has 106 valence electrons. The van der Waals surface area contributed by atoms with Gasteiger partial charge < -0.3 is 15.4 Å². The number of hydrogen-bond donors (Lipinski definition) is 1. The van der Waals surface area contributed by atoms with Gasteiger partial charge in [0.25, 0.3) is 0 Å². The number of thiocarbonyl (C=S) groups is 1. The third-order valence-electron chi connectivity index (χ3n) is 2.71. The molecule has 4 nitrogen and oxygen atoms in total. The highest BCUT2D eigenvalue weighted by atomic mass is 32.1. The van der Waals surface area contributed by atoms with Crippen LogP contribution in [-0.4, -0.2) is 29.2 Å². The summed E-state index contributed by atoms with van der Waals surface area (Å²) in [7, 11) is 0. The third-order valence-corrected chi connectivity index (χ3v) is 2.91. The third kappa shape index (κ3) is 5.03. The molecular formula is C14H23N3OS. The molecular weight excluding hydrogens is 258 g/mol. The quantitative estimate of drug-likeness (QED) is 0.743. The lowest BCUT2D eigenvalue weighted by Crippen LogP contribution is -2.34.